The highest BCUT2D eigenvalue weighted by atomic mass is 16.5. The first-order valence-electron chi connectivity index (χ1n) is 6.15. The van der Waals surface area contributed by atoms with E-state index in [1.165, 1.54) is 0 Å². The molecule has 0 saturated heterocycles. The van der Waals surface area contributed by atoms with Gasteiger partial charge in [-0.3, -0.25) is 0 Å². The third kappa shape index (κ3) is 3.44. The molecular weight excluding hydrogens is 242 g/mol. The molecule has 0 aliphatic rings. The van der Waals surface area contributed by atoms with Crippen molar-refractivity contribution in [2.75, 3.05) is 0 Å². The fourth-order valence-electron chi connectivity index (χ4n) is 1.52. The number of ether oxygens (including phenoxy) is 1. The number of rotatable bonds is 3. The molecule has 1 aromatic heterocycles. The predicted octanol–water partition coefficient (Wildman–Crippen LogP) is 3.33. The average Bonchev–Trinajstić information content (AvgIpc) is 2.87. The van der Waals surface area contributed by atoms with Crippen LogP contribution in [0, 0.1) is 0 Å². The zero-order valence-corrected chi connectivity index (χ0v) is 11.3. The molecule has 2 rings (SSSR count). The Bertz CT molecular complexity index is 552. The van der Waals surface area contributed by atoms with Gasteiger partial charge in [0.15, 0.2) is 5.69 Å². The van der Waals surface area contributed by atoms with Crippen LogP contribution in [0.4, 0.5) is 0 Å². The van der Waals surface area contributed by atoms with E-state index in [0.717, 1.165) is 5.56 Å². The van der Waals surface area contributed by atoms with Gasteiger partial charge >= 0.3 is 5.97 Å². The van der Waals surface area contributed by atoms with Gasteiger partial charge in [-0.05, 0) is 5.56 Å². The number of esters is 1. The van der Waals surface area contributed by atoms with E-state index in [1.807, 2.05) is 51.1 Å². The quantitative estimate of drug-likeness (QED) is 0.793. The van der Waals surface area contributed by atoms with Crippen LogP contribution in [0.15, 0.2) is 40.9 Å². The van der Waals surface area contributed by atoms with Crippen LogP contribution < -0.4 is 0 Å². The Labute approximate surface area is 112 Å². The van der Waals surface area contributed by atoms with E-state index in [2.05, 4.69) is 5.16 Å². The first-order valence-corrected chi connectivity index (χ1v) is 6.15. The van der Waals surface area contributed by atoms with Crippen molar-refractivity contribution in [3.63, 3.8) is 0 Å². The number of benzene rings is 1. The minimum atomic E-state index is -0.469. The summed E-state index contributed by atoms with van der Waals surface area (Å²) in [6.45, 7) is 6.21. The molecule has 0 radical (unpaired) electrons. The number of carbonyl (C=O) groups is 1. The Kier molecular flexibility index (Phi) is 3.69. The van der Waals surface area contributed by atoms with E-state index in [4.69, 9.17) is 9.26 Å². The summed E-state index contributed by atoms with van der Waals surface area (Å²) in [5, 5.41) is 3.75. The van der Waals surface area contributed by atoms with Gasteiger partial charge in [0.05, 0.1) is 0 Å². The summed E-state index contributed by atoms with van der Waals surface area (Å²) >= 11 is 0. The normalized spacial score (nSPS) is 11.3. The van der Waals surface area contributed by atoms with E-state index in [0.29, 0.717) is 5.76 Å². The summed E-state index contributed by atoms with van der Waals surface area (Å²) in [5.41, 5.74) is 0.974. The van der Waals surface area contributed by atoms with Crippen molar-refractivity contribution in [1.29, 1.82) is 0 Å². The average molecular weight is 259 g/mol. The molecular formula is C15H17NO3. The Morgan fingerprint density at radius 2 is 1.95 bits per heavy atom. The Morgan fingerprint density at radius 3 is 2.53 bits per heavy atom. The predicted molar refractivity (Wildman–Crippen MR) is 70.8 cm³/mol. The second-order valence-corrected chi connectivity index (χ2v) is 5.39. The van der Waals surface area contributed by atoms with Gasteiger partial charge in [0.2, 0.25) is 0 Å². The largest absolute Gasteiger partial charge is 0.456 e. The lowest BCUT2D eigenvalue weighted by Gasteiger charge is -2.12. The van der Waals surface area contributed by atoms with Gasteiger partial charge < -0.3 is 9.26 Å². The number of hydrogen-bond donors (Lipinski definition) is 0. The molecule has 0 aliphatic heterocycles. The summed E-state index contributed by atoms with van der Waals surface area (Å²) in [6.07, 6.45) is 0. The van der Waals surface area contributed by atoms with Crippen LogP contribution in [0.25, 0.3) is 0 Å². The lowest BCUT2D eigenvalue weighted by molar-refractivity contribution is 0.0460. The van der Waals surface area contributed by atoms with Crippen molar-refractivity contribution in [3.05, 3.63) is 53.4 Å². The maximum atomic E-state index is 11.8. The molecule has 4 heteroatoms. The number of hydrogen-bond acceptors (Lipinski definition) is 4. The molecule has 0 amide bonds. The van der Waals surface area contributed by atoms with Gasteiger partial charge in [-0.1, -0.05) is 56.3 Å². The molecule has 0 unspecified atom stereocenters. The molecule has 1 heterocycles. The van der Waals surface area contributed by atoms with E-state index in [9.17, 15) is 4.79 Å². The van der Waals surface area contributed by atoms with E-state index in [1.54, 1.807) is 6.07 Å². The van der Waals surface area contributed by atoms with Gasteiger partial charge in [0.25, 0.3) is 0 Å². The van der Waals surface area contributed by atoms with Crippen LogP contribution in [-0.4, -0.2) is 11.1 Å². The van der Waals surface area contributed by atoms with Gasteiger partial charge in [0.1, 0.15) is 12.4 Å². The lowest BCUT2D eigenvalue weighted by atomic mass is 9.93. The zero-order valence-electron chi connectivity index (χ0n) is 11.3. The summed E-state index contributed by atoms with van der Waals surface area (Å²) in [6, 6.07) is 11.1. The van der Waals surface area contributed by atoms with Crippen LogP contribution in [-0.2, 0) is 16.8 Å². The van der Waals surface area contributed by atoms with Gasteiger partial charge in [-0.2, -0.15) is 0 Å². The fourth-order valence-corrected chi connectivity index (χ4v) is 1.52. The molecule has 0 aliphatic carbocycles. The van der Waals surface area contributed by atoms with Gasteiger partial charge in [0, 0.05) is 11.5 Å². The molecule has 0 atom stereocenters. The third-order valence-corrected chi connectivity index (χ3v) is 2.67. The SMILES string of the molecule is CC(C)(C)c1cc(C(=O)OCc2ccccc2)no1. The Hall–Kier alpha value is -2.10. The van der Waals surface area contributed by atoms with E-state index < -0.39 is 5.97 Å². The molecule has 0 bridgehead atoms. The number of nitrogens with zero attached hydrogens (tertiary/aromatic N) is 1. The van der Waals surface area contributed by atoms with Crippen molar-refractivity contribution in [1.82, 2.24) is 5.16 Å². The molecule has 0 saturated carbocycles. The first kappa shape index (κ1) is 13.3. The lowest BCUT2D eigenvalue weighted by Crippen LogP contribution is -2.09. The molecule has 0 N–H and O–H groups in total. The highest BCUT2D eigenvalue weighted by Gasteiger charge is 2.22. The minimum Gasteiger partial charge on any atom is -0.456 e. The maximum absolute atomic E-state index is 11.8. The fraction of sp³-hybridized carbons (Fsp3) is 0.333. The van der Waals surface area contributed by atoms with Gasteiger partial charge in [-0.15, -0.1) is 0 Å². The standard InChI is InChI=1S/C15H17NO3/c1-15(2,3)13-9-12(16-19-13)14(17)18-10-11-7-5-4-6-8-11/h4-9H,10H2,1-3H3. The summed E-state index contributed by atoms with van der Waals surface area (Å²) in [4.78, 5) is 11.8. The molecule has 1 aromatic carbocycles. The van der Waals surface area contributed by atoms with Crippen LogP contribution in [0.2, 0.25) is 0 Å². The Balaban J connectivity index is 1.99. The van der Waals surface area contributed by atoms with Crippen LogP contribution in [0.1, 0.15) is 42.6 Å². The van der Waals surface area contributed by atoms with Crippen molar-refractivity contribution in [2.45, 2.75) is 32.8 Å². The van der Waals surface area contributed by atoms with Crippen LogP contribution in [0.3, 0.4) is 0 Å². The molecule has 4 nitrogen and oxygen atoms in total. The highest BCUT2D eigenvalue weighted by Crippen LogP contribution is 2.22. The first-order chi connectivity index (χ1) is 8.97. The molecule has 19 heavy (non-hydrogen) atoms. The van der Waals surface area contributed by atoms with Crippen molar-refractivity contribution in [2.24, 2.45) is 0 Å². The second kappa shape index (κ2) is 5.26. The smallest absolute Gasteiger partial charge is 0.360 e. The summed E-state index contributed by atoms with van der Waals surface area (Å²) in [5.74, 6) is 0.197. The second-order valence-electron chi connectivity index (χ2n) is 5.39. The molecule has 100 valence electrons. The third-order valence-electron chi connectivity index (χ3n) is 2.67. The molecule has 0 spiro atoms. The van der Waals surface area contributed by atoms with Crippen LogP contribution in [0.5, 0.6) is 0 Å². The van der Waals surface area contributed by atoms with Crippen molar-refractivity contribution < 1.29 is 14.1 Å². The van der Waals surface area contributed by atoms with Crippen molar-refractivity contribution in [3.8, 4) is 0 Å². The Morgan fingerprint density at radius 1 is 1.26 bits per heavy atom. The van der Waals surface area contributed by atoms with E-state index >= 15 is 0 Å². The molecule has 2 aromatic rings. The summed E-state index contributed by atoms with van der Waals surface area (Å²) in [7, 11) is 0. The van der Waals surface area contributed by atoms with Crippen LogP contribution >= 0.6 is 0 Å². The number of carbonyl (C=O) groups excluding carboxylic acids is 1. The van der Waals surface area contributed by atoms with E-state index in [-0.39, 0.29) is 17.7 Å². The maximum Gasteiger partial charge on any atom is 0.360 e. The monoisotopic (exact) mass is 259 g/mol. The minimum absolute atomic E-state index is 0.176. The summed E-state index contributed by atoms with van der Waals surface area (Å²) < 4.78 is 10.3. The topological polar surface area (TPSA) is 52.3 Å². The molecule has 0 fully saturated rings. The van der Waals surface area contributed by atoms with Crippen molar-refractivity contribution >= 4 is 5.97 Å². The highest BCUT2D eigenvalue weighted by molar-refractivity contribution is 5.87. The zero-order chi connectivity index (χ0) is 13.9. The number of aromatic nitrogens is 1. The van der Waals surface area contributed by atoms with Gasteiger partial charge in [-0.25, -0.2) is 4.79 Å².